The van der Waals surface area contributed by atoms with Crippen LogP contribution in [-0.4, -0.2) is 13.6 Å². The van der Waals surface area contributed by atoms with Crippen molar-refractivity contribution in [3.05, 3.63) is 35.4 Å². The smallest absolute Gasteiger partial charge is 0.129 e. The highest BCUT2D eigenvalue weighted by Gasteiger charge is 2.68. The van der Waals surface area contributed by atoms with Gasteiger partial charge in [-0.3, -0.25) is 0 Å². The van der Waals surface area contributed by atoms with Crippen molar-refractivity contribution in [2.24, 2.45) is 5.41 Å². The first kappa shape index (κ1) is 10.2. The van der Waals surface area contributed by atoms with Gasteiger partial charge in [0.15, 0.2) is 0 Å². The van der Waals surface area contributed by atoms with E-state index in [4.69, 9.17) is 0 Å². The first-order valence-electron chi connectivity index (χ1n) is 5.70. The molecule has 1 nitrogen and oxygen atoms in total. The third-order valence-electron chi connectivity index (χ3n) is 4.19. The predicted octanol–water partition coefficient (Wildman–Crippen LogP) is 2.61. The quantitative estimate of drug-likeness (QED) is 0.830. The van der Waals surface area contributed by atoms with E-state index in [-0.39, 0.29) is 17.0 Å². The van der Waals surface area contributed by atoms with Gasteiger partial charge in [-0.25, -0.2) is 8.78 Å². The minimum Gasteiger partial charge on any atom is -0.319 e. The molecule has 1 aromatic rings. The number of halogens is 2. The predicted molar refractivity (Wildman–Crippen MR) is 58.2 cm³/mol. The molecule has 1 N–H and O–H groups in total. The Labute approximate surface area is 93.9 Å². The lowest BCUT2D eigenvalue weighted by Gasteiger charge is -2.71. The zero-order chi connectivity index (χ0) is 11.4. The Bertz CT molecular complexity index is 402. The molecule has 0 spiro atoms. The lowest BCUT2D eigenvalue weighted by molar-refractivity contribution is -0.140. The van der Waals surface area contributed by atoms with Crippen LogP contribution in [0.25, 0.3) is 0 Å². The van der Waals surface area contributed by atoms with E-state index in [0.29, 0.717) is 11.0 Å². The van der Waals surface area contributed by atoms with Gasteiger partial charge in [0, 0.05) is 17.5 Å². The number of nitrogens with one attached hydrogen (secondary N) is 1. The van der Waals surface area contributed by atoms with E-state index in [1.165, 1.54) is 18.2 Å². The second-order valence-electron chi connectivity index (χ2n) is 5.44. The Balaban J connectivity index is 1.87. The summed E-state index contributed by atoms with van der Waals surface area (Å²) in [7, 11) is 1.93. The van der Waals surface area contributed by atoms with Crippen molar-refractivity contribution in [3.63, 3.8) is 0 Å². The average Bonchev–Trinajstić information content (AvgIpc) is 2.11. The first-order chi connectivity index (χ1) is 7.61. The van der Waals surface area contributed by atoms with Gasteiger partial charge in [-0.2, -0.15) is 0 Å². The fourth-order valence-corrected chi connectivity index (χ4v) is 3.83. The van der Waals surface area contributed by atoms with Gasteiger partial charge in [0.25, 0.3) is 0 Å². The van der Waals surface area contributed by atoms with Crippen LogP contribution in [0.15, 0.2) is 18.2 Å². The zero-order valence-corrected chi connectivity index (χ0v) is 9.32. The fourth-order valence-electron chi connectivity index (χ4n) is 3.83. The van der Waals surface area contributed by atoms with Gasteiger partial charge in [0.1, 0.15) is 11.6 Å². The molecule has 0 amide bonds. The maximum atomic E-state index is 13.6. The topological polar surface area (TPSA) is 12.0 Å². The van der Waals surface area contributed by atoms with Crippen LogP contribution in [0.2, 0.25) is 0 Å². The molecule has 0 aliphatic heterocycles. The minimum atomic E-state index is -0.377. The van der Waals surface area contributed by atoms with Gasteiger partial charge in [-0.05, 0) is 43.9 Å². The highest BCUT2D eigenvalue weighted by atomic mass is 19.1. The van der Waals surface area contributed by atoms with Gasteiger partial charge in [0.2, 0.25) is 0 Å². The average molecular weight is 223 g/mol. The molecule has 3 fully saturated rings. The summed E-state index contributed by atoms with van der Waals surface area (Å²) in [6.07, 6.45) is 2.79. The summed E-state index contributed by atoms with van der Waals surface area (Å²) in [5.41, 5.74) is 0.462. The molecule has 0 aromatic heterocycles. The van der Waals surface area contributed by atoms with Crippen molar-refractivity contribution in [2.75, 3.05) is 13.6 Å². The third-order valence-corrected chi connectivity index (χ3v) is 4.19. The molecule has 3 saturated carbocycles. The van der Waals surface area contributed by atoms with Gasteiger partial charge in [-0.15, -0.1) is 0 Å². The lowest BCUT2D eigenvalue weighted by Crippen LogP contribution is -2.68. The summed E-state index contributed by atoms with van der Waals surface area (Å²) < 4.78 is 27.3. The summed E-state index contributed by atoms with van der Waals surface area (Å²) in [5.74, 6) is -0.754. The maximum absolute atomic E-state index is 13.6. The Kier molecular flexibility index (Phi) is 1.94. The van der Waals surface area contributed by atoms with Crippen LogP contribution in [0.3, 0.4) is 0 Å². The van der Waals surface area contributed by atoms with E-state index >= 15 is 0 Å². The van der Waals surface area contributed by atoms with Crippen molar-refractivity contribution in [3.8, 4) is 0 Å². The summed E-state index contributed by atoms with van der Waals surface area (Å²) >= 11 is 0. The molecule has 3 heteroatoms. The Hall–Kier alpha value is -0.960. The van der Waals surface area contributed by atoms with Gasteiger partial charge in [-0.1, -0.05) is 6.07 Å². The Morgan fingerprint density at radius 3 is 2.25 bits per heavy atom. The minimum absolute atomic E-state index is 0.188. The zero-order valence-electron chi connectivity index (χ0n) is 9.32. The second-order valence-corrected chi connectivity index (χ2v) is 5.44. The van der Waals surface area contributed by atoms with E-state index in [0.717, 1.165) is 25.8 Å². The number of hydrogen-bond acceptors (Lipinski definition) is 1. The fraction of sp³-hybridized carbons (Fsp3) is 0.538. The van der Waals surface area contributed by atoms with Crippen LogP contribution in [-0.2, 0) is 5.41 Å². The highest BCUT2D eigenvalue weighted by Crippen LogP contribution is 2.73. The van der Waals surface area contributed by atoms with Crippen LogP contribution < -0.4 is 5.32 Å². The van der Waals surface area contributed by atoms with Gasteiger partial charge < -0.3 is 5.32 Å². The van der Waals surface area contributed by atoms with Gasteiger partial charge >= 0.3 is 0 Å². The van der Waals surface area contributed by atoms with Crippen molar-refractivity contribution in [1.29, 1.82) is 0 Å². The van der Waals surface area contributed by atoms with Gasteiger partial charge in [0.05, 0.1) is 0 Å². The number of hydrogen-bond donors (Lipinski definition) is 1. The summed E-state index contributed by atoms with van der Waals surface area (Å²) in [5, 5.41) is 3.16. The monoisotopic (exact) mass is 223 g/mol. The Morgan fingerprint density at radius 1 is 1.19 bits per heavy atom. The molecule has 3 aliphatic rings. The molecule has 0 radical (unpaired) electrons. The van der Waals surface area contributed by atoms with Crippen LogP contribution >= 0.6 is 0 Å². The molecule has 0 atom stereocenters. The maximum Gasteiger partial charge on any atom is 0.129 e. The molecular weight excluding hydrogens is 208 g/mol. The van der Waals surface area contributed by atoms with E-state index in [1.54, 1.807) is 0 Å². The van der Waals surface area contributed by atoms with Crippen molar-refractivity contribution >= 4 is 0 Å². The molecular formula is C13H15F2N. The first-order valence-corrected chi connectivity index (χ1v) is 5.70. The standard InChI is InChI=1S/C13H15F2N/c1-16-8-12-5-13(6-12,7-12)11-9(14)3-2-4-10(11)15/h2-4,16H,5-8H2,1H3. The molecule has 0 saturated heterocycles. The third kappa shape index (κ3) is 1.12. The summed E-state index contributed by atoms with van der Waals surface area (Å²) in [6, 6.07) is 4.16. The van der Waals surface area contributed by atoms with E-state index in [2.05, 4.69) is 5.32 Å². The van der Waals surface area contributed by atoms with Crippen LogP contribution in [0.5, 0.6) is 0 Å². The largest absolute Gasteiger partial charge is 0.319 e. The van der Waals surface area contributed by atoms with Crippen molar-refractivity contribution < 1.29 is 8.78 Å². The lowest BCUT2D eigenvalue weighted by atomic mass is 9.33. The normalized spacial score (nSPS) is 35.4. The van der Waals surface area contributed by atoms with Crippen LogP contribution in [0.4, 0.5) is 8.78 Å². The van der Waals surface area contributed by atoms with Crippen LogP contribution in [0, 0.1) is 17.0 Å². The van der Waals surface area contributed by atoms with E-state index in [1.807, 2.05) is 7.05 Å². The molecule has 3 aliphatic carbocycles. The van der Waals surface area contributed by atoms with E-state index in [9.17, 15) is 8.78 Å². The highest BCUT2D eigenvalue weighted by molar-refractivity contribution is 5.40. The van der Waals surface area contributed by atoms with E-state index < -0.39 is 0 Å². The molecule has 0 unspecified atom stereocenters. The number of rotatable bonds is 3. The molecule has 0 heterocycles. The molecule has 1 aromatic carbocycles. The molecule has 2 bridgehead atoms. The molecule has 4 rings (SSSR count). The number of benzene rings is 1. The SMILES string of the molecule is CNCC12CC(c3c(F)cccc3F)(C1)C2. The molecule has 86 valence electrons. The summed E-state index contributed by atoms with van der Waals surface area (Å²) in [6.45, 7) is 0.963. The van der Waals surface area contributed by atoms with Crippen molar-refractivity contribution in [1.82, 2.24) is 5.32 Å². The van der Waals surface area contributed by atoms with Crippen LogP contribution in [0.1, 0.15) is 24.8 Å². The van der Waals surface area contributed by atoms with Crippen molar-refractivity contribution in [2.45, 2.75) is 24.7 Å². The Morgan fingerprint density at radius 2 is 1.75 bits per heavy atom. The molecule has 16 heavy (non-hydrogen) atoms. The second kappa shape index (κ2) is 3.04. The summed E-state index contributed by atoms with van der Waals surface area (Å²) in [4.78, 5) is 0.